The van der Waals surface area contributed by atoms with Gasteiger partial charge in [-0.05, 0) is 30.7 Å². The van der Waals surface area contributed by atoms with Gasteiger partial charge in [0.2, 0.25) is 5.91 Å². The van der Waals surface area contributed by atoms with Crippen LogP contribution in [0, 0.1) is 5.82 Å². The van der Waals surface area contributed by atoms with E-state index in [9.17, 15) is 4.79 Å². The minimum atomic E-state index is -0.536. The van der Waals surface area contributed by atoms with E-state index < -0.39 is 5.82 Å². The molecule has 0 saturated heterocycles. The Kier molecular flexibility index (Phi) is 5.56. The summed E-state index contributed by atoms with van der Waals surface area (Å²) in [7, 11) is 0. The van der Waals surface area contributed by atoms with Crippen molar-refractivity contribution in [2.24, 2.45) is 0 Å². The fourth-order valence-electron chi connectivity index (χ4n) is 4.18. The lowest BCUT2D eigenvalue weighted by atomic mass is 10.1. The second-order valence-electron chi connectivity index (χ2n) is 8.40. The molecule has 0 radical (unpaired) electrons. The Morgan fingerprint density at radius 1 is 1.03 bits per heavy atom. The molecule has 6 aromatic heterocycles. The molecule has 0 spiro atoms. The normalized spacial score (nSPS) is 11.3. The second kappa shape index (κ2) is 9.19. The lowest BCUT2D eigenvalue weighted by molar-refractivity contribution is -0.116. The van der Waals surface area contributed by atoms with Gasteiger partial charge in [-0.15, -0.1) is 0 Å². The molecule has 3 N–H and O–H groups in total. The summed E-state index contributed by atoms with van der Waals surface area (Å²) in [4.78, 5) is 37.2. The summed E-state index contributed by atoms with van der Waals surface area (Å²) in [5, 5.41) is 10.0. The highest BCUT2D eigenvalue weighted by atomic mass is 19.1. The van der Waals surface area contributed by atoms with Crippen molar-refractivity contribution >= 4 is 33.8 Å². The Labute approximate surface area is 209 Å². The molecule has 182 valence electrons. The average molecular weight is 494 g/mol. The van der Waals surface area contributed by atoms with Gasteiger partial charge in [-0.1, -0.05) is 13.0 Å². The summed E-state index contributed by atoms with van der Waals surface area (Å²) < 4.78 is 16.0. The van der Waals surface area contributed by atoms with Crippen molar-refractivity contribution in [2.45, 2.75) is 19.8 Å². The van der Waals surface area contributed by atoms with E-state index in [1.54, 1.807) is 18.5 Å². The third-order valence-electron chi connectivity index (χ3n) is 5.89. The number of fused-ring (bicyclic) bond motifs is 2. The van der Waals surface area contributed by atoms with Crippen LogP contribution in [0.15, 0.2) is 61.3 Å². The van der Waals surface area contributed by atoms with Crippen molar-refractivity contribution in [3.05, 3.63) is 67.1 Å². The molecule has 0 aliphatic carbocycles. The Hall–Kier alpha value is -5.06. The van der Waals surface area contributed by atoms with E-state index >= 15 is 4.39 Å². The standard InChI is InChI=1S/C26H20FN9O/c1-2-5-19(37)32-15-10-14(11-28-12-15)17-13-31-24-20(21(17)27)23(35-36-24)26-33-22-16(7-9-30-25(22)34-26)18-6-3-4-8-29-18/h3-4,6-13H,2,5H2,1H3,(H,32,37)(H,30,33,34)(H,31,35,36). The van der Waals surface area contributed by atoms with E-state index in [4.69, 9.17) is 4.98 Å². The zero-order valence-corrected chi connectivity index (χ0v) is 19.7. The van der Waals surface area contributed by atoms with Crippen molar-refractivity contribution in [3.63, 3.8) is 0 Å². The van der Waals surface area contributed by atoms with Gasteiger partial charge in [0.1, 0.15) is 17.0 Å². The number of aromatic amines is 2. The molecule has 0 aliphatic rings. The molecule has 0 aliphatic heterocycles. The second-order valence-corrected chi connectivity index (χ2v) is 8.40. The zero-order valence-electron chi connectivity index (χ0n) is 19.7. The van der Waals surface area contributed by atoms with E-state index in [1.165, 1.54) is 18.6 Å². The summed E-state index contributed by atoms with van der Waals surface area (Å²) >= 11 is 0. The zero-order chi connectivity index (χ0) is 25.4. The first-order valence-corrected chi connectivity index (χ1v) is 11.7. The molecule has 10 nitrogen and oxygen atoms in total. The number of carbonyl (C=O) groups excluding carboxylic acids is 1. The number of carbonyl (C=O) groups is 1. The molecule has 6 aromatic rings. The minimum Gasteiger partial charge on any atom is -0.325 e. The van der Waals surface area contributed by atoms with Gasteiger partial charge in [0.25, 0.3) is 0 Å². The maximum atomic E-state index is 16.0. The number of halogens is 1. The number of imidazole rings is 1. The number of anilines is 1. The molecule has 1 amide bonds. The summed E-state index contributed by atoms with van der Waals surface area (Å²) in [6.07, 6.45) is 8.93. The van der Waals surface area contributed by atoms with Crippen molar-refractivity contribution in [3.8, 4) is 33.9 Å². The van der Waals surface area contributed by atoms with Gasteiger partial charge in [-0.25, -0.2) is 19.3 Å². The van der Waals surface area contributed by atoms with Gasteiger partial charge < -0.3 is 10.3 Å². The molecule has 0 bridgehead atoms. The highest BCUT2D eigenvalue weighted by Crippen LogP contribution is 2.34. The van der Waals surface area contributed by atoms with E-state index in [1.807, 2.05) is 31.2 Å². The molecule has 0 aromatic carbocycles. The van der Waals surface area contributed by atoms with E-state index in [0.29, 0.717) is 34.7 Å². The van der Waals surface area contributed by atoms with Crippen LogP contribution in [0.5, 0.6) is 0 Å². The maximum Gasteiger partial charge on any atom is 0.224 e. The van der Waals surface area contributed by atoms with Crippen LogP contribution in [0.1, 0.15) is 19.8 Å². The number of hydrogen-bond donors (Lipinski definition) is 3. The first-order chi connectivity index (χ1) is 18.1. The Balaban J connectivity index is 1.44. The Bertz CT molecular complexity index is 1760. The summed E-state index contributed by atoms with van der Waals surface area (Å²) in [6.45, 7) is 1.92. The van der Waals surface area contributed by atoms with Crippen LogP contribution in [0.3, 0.4) is 0 Å². The predicted molar refractivity (Wildman–Crippen MR) is 137 cm³/mol. The van der Waals surface area contributed by atoms with Crippen LogP contribution in [0.4, 0.5) is 10.1 Å². The summed E-state index contributed by atoms with van der Waals surface area (Å²) in [5.41, 5.74) is 4.37. The van der Waals surface area contributed by atoms with Gasteiger partial charge in [-0.2, -0.15) is 5.10 Å². The monoisotopic (exact) mass is 493 g/mol. The molecule has 37 heavy (non-hydrogen) atoms. The molecule has 6 rings (SSSR count). The molecular weight excluding hydrogens is 473 g/mol. The van der Waals surface area contributed by atoms with Gasteiger partial charge >= 0.3 is 0 Å². The van der Waals surface area contributed by atoms with Gasteiger partial charge in [0, 0.05) is 47.9 Å². The quantitative estimate of drug-likeness (QED) is 0.300. The van der Waals surface area contributed by atoms with E-state index in [0.717, 1.165) is 17.7 Å². The summed E-state index contributed by atoms with van der Waals surface area (Å²) in [6, 6.07) is 9.11. The molecular formula is C26H20FN9O. The van der Waals surface area contributed by atoms with Crippen molar-refractivity contribution < 1.29 is 9.18 Å². The van der Waals surface area contributed by atoms with Gasteiger partial charge in [-0.3, -0.25) is 19.9 Å². The molecule has 0 unspecified atom stereocenters. The lowest BCUT2D eigenvalue weighted by Crippen LogP contribution is -2.10. The predicted octanol–water partition coefficient (Wildman–Crippen LogP) is 4.90. The molecule has 0 fully saturated rings. The van der Waals surface area contributed by atoms with Crippen molar-refractivity contribution in [1.29, 1.82) is 0 Å². The van der Waals surface area contributed by atoms with Crippen LogP contribution in [0.25, 0.3) is 56.1 Å². The average Bonchev–Trinajstić information content (AvgIpc) is 3.54. The fourth-order valence-corrected chi connectivity index (χ4v) is 4.18. The molecule has 6 heterocycles. The minimum absolute atomic E-state index is 0.129. The topological polar surface area (TPSA) is 138 Å². The Morgan fingerprint density at radius 3 is 2.78 bits per heavy atom. The number of nitrogens with zero attached hydrogens (tertiary/aromatic N) is 6. The largest absolute Gasteiger partial charge is 0.325 e. The van der Waals surface area contributed by atoms with E-state index in [2.05, 4.69) is 40.4 Å². The van der Waals surface area contributed by atoms with Crippen molar-refractivity contribution in [1.82, 2.24) is 40.1 Å². The van der Waals surface area contributed by atoms with Crippen LogP contribution in [-0.4, -0.2) is 46.0 Å². The Morgan fingerprint density at radius 2 is 1.95 bits per heavy atom. The highest BCUT2D eigenvalue weighted by Gasteiger charge is 2.22. The molecule has 0 saturated carbocycles. The highest BCUT2D eigenvalue weighted by molar-refractivity contribution is 5.96. The number of rotatable bonds is 6. The number of nitrogens with one attached hydrogen (secondary N) is 3. The molecule has 0 atom stereocenters. The van der Waals surface area contributed by atoms with Gasteiger partial charge in [0.05, 0.1) is 23.0 Å². The first-order valence-electron chi connectivity index (χ1n) is 11.7. The first kappa shape index (κ1) is 22.4. The SMILES string of the molecule is CCCC(=O)Nc1cncc(-c2cnc3[nH]nc(-c4nc5c(-c6ccccn6)ccnc5[nH]4)c3c2F)c1. The van der Waals surface area contributed by atoms with Crippen LogP contribution < -0.4 is 5.32 Å². The molecule has 11 heteroatoms. The summed E-state index contributed by atoms with van der Waals surface area (Å²) in [5.74, 6) is -0.323. The van der Waals surface area contributed by atoms with Gasteiger partial charge in [0.15, 0.2) is 17.1 Å². The number of aromatic nitrogens is 8. The number of H-pyrrole nitrogens is 2. The number of amides is 1. The van der Waals surface area contributed by atoms with Crippen LogP contribution in [-0.2, 0) is 4.79 Å². The van der Waals surface area contributed by atoms with E-state index in [-0.39, 0.29) is 28.2 Å². The van der Waals surface area contributed by atoms with Crippen molar-refractivity contribution in [2.75, 3.05) is 5.32 Å². The number of pyridine rings is 4. The third-order valence-corrected chi connectivity index (χ3v) is 5.89. The third kappa shape index (κ3) is 4.05. The van der Waals surface area contributed by atoms with Crippen LogP contribution >= 0.6 is 0 Å². The smallest absolute Gasteiger partial charge is 0.224 e. The maximum absolute atomic E-state index is 16.0. The van der Waals surface area contributed by atoms with Crippen LogP contribution in [0.2, 0.25) is 0 Å². The number of hydrogen-bond acceptors (Lipinski definition) is 7. The lowest BCUT2D eigenvalue weighted by Gasteiger charge is -2.08. The fraction of sp³-hybridized carbons (Fsp3) is 0.115.